The second kappa shape index (κ2) is 14.3. The molecule has 0 saturated heterocycles. The summed E-state index contributed by atoms with van der Waals surface area (Å²) in [5.41, 5.74) is 2.21. The fraction of sp³-hybridized carbons (Fsp3) is 0.467. The molecule has 3 rings (SSSR count). The van der Waals surface area contributed by atoms with Gasteiger partial charge in [-0.1, -0.05) is 57.4 Å². The van der Waals surface area contributed by atoms with Crippen LogP contribution in [-0.4, -0.2) is 40.1 Å². The Kier molecular flexibility index (Phi) is 10.9. The highest BCUT2D eigenvalue weighted by molar-refractivity contribution is 5.89. The molecule has 8 heteroatoms. The first-order valence-electron chi connectivity index (χ1n) is 13.6. The van der Waals surface area contributed by atoms with Crippen LogP contribution in [0.3, 0.4) is 0 Å². The van der Waals surface area contributed by atoms with Gasteiger partial charge in [0.05, 0.1) is 24.1 Å². The molecule has 3 aromatic rings. The van der Waals surface area contributed by atoms with Crippen molar-refractivity contribution < 1.29 is 14.3 Å². The smallest absolute Gasteiger partial charge is 0.322 e. The number of nitrogens with one attached hydrogen (secondary N) is 1. The number of methoxy groups -OCH3 is 1. The summed E-state index contributed by atoms with van der Waals surface area (Å²) in [6.45, 7) is 6.99. The van der Waals surface area contributed by atoms with Crippen LogP contribution in [0.5, 0.6) is 0 Å². The van der Waals surface area contributed by atoms with Gasteiger partial charge in [0.2, 0.25) is 0 Å². The number of esters is 1. The summed E-state index contributed by atoms with van der Waals surface area (Å²) >= 11 is 0. The largest absolute Gasteiger partial charge is 0.469 e. The topological polar surface area (TPSA) is 93.5 Å². The number of amides is 2. The Morgan fingerprint density at radius 2 is 1.84 bits per heavy atom. The monoisotopic (exact) mass is 520 g/mol. The molecule has 1 heterocycles. The molecule has 1 aromatic heterocycles. The summed E-state index contributed by atoms with van der Waals surface area (Å²) in [6, 6.07) is 14.3. The van der Waals surface area contributed by atoms with E-state index in [1.807, 2.05) is 61.2 Å². The van der Waals surface area contributed by atoms with Crippen molar-refractivity contribution in [1.82, 2.24) is 14.5 Å². The molecule has 0 saturated carbocycles. The maximum Gasteiger partial charge on any atom is 0.322 e. The fourth-order valence-electron chi connectivity index (χ4n) is 4.71. The molecule has 0 spiro atoms. The van der Waals surface area contributed by atoms with Crippen LogP contribution >= 0.6 is 0 Å². The standard InChI is InChI=1S/C30H40N4O4/c1-5-7-8-11-19-33(30(37)31-23-15-12-14-22(3)21-23)26(6-2)28-32-25-17-10-9-16-24(25)29(36)34(28)20-13-18-27(35)38-4/h9-10,12,14-17,21,26H,5-8,11,13,18-20H2,1-4H3,(H,31,37). The van der Waals surface area contributed by atoms with E-state index in [0.717, 1.165) is 36.9 Å². The number of hydrogen-bond donors (Lipinski definition) is 1. The molecule has 38 heavy (non-hydrogen) atoms. The first-order valence-corrected chi connectivity index (χ1v) is 13.6. The second-order valence-electron chi connectivity index (χ2n) is 9.60. The third kappa shape index (κ3) is 7.43. The van der Waals surface area contributed by atoms with Gasteiger partial charge in [-0.25, -0.2) is 9.78 Å². The van der Waals surface area contributed by atoms with E-state index >= 15 is 0 Å². The molecule has 1 N–H and O–H groups in total. The van der Waals surface area contributed by atoms with E-state index in [9.17, 15) is 14.4 Å². The fourth-order valence-corrected chi connectivity index (χ4v) is 4.71. The van der Waals surface area contributed by atoms with Gasteiger partial charge in [-0.2, -0.15) is 0 Å². The molecule has 0 radical (unpaired) electrons. The average Bonchev–Trinajstić information content (AvgIpc) is 2.91. The van der Waals surface area contributed by atoms with Gasteiger partial charge in [0.1, 0.15) is 5.82 Å². The lowest BCUT2D eigenvalue weighted by atomic mass is 10.1. The number of carbonyl (C=O) groups excluding carboxylic acids is 2. The molecule has 0 aliphatic rings. The van der Waals surface area contributed by atoms with Crippen molar-refractivity contribution in [2.75, 3.05) is 19.0 Å². The quantitative estimate of drug-likeness (QED) is 0.213. The molecule has 2 amide bonds. The Hall–Kier alpha value is -3.68. The van der Waals surface area contributed by atoms with Crippen molar-refractivity contribution in [3.8, 4) is 0 Å². The van der Waals surface area contributed by atoms with Crippen molar-refractivity contribution in [2.45, 2.75) is 78.3 Å². The zero-order valence-electron chi connectivity index (χ0n) is 23.0. The number of fused-ring (bicyclic) bond motifs is 1. The van der Waals surface area contributed by atoms with Crippen LogP contribution in [0.25, 0.3) is 10.9 Å². The minimum Gasteiger partial charge on any atom is -0.469 e. The summed E-state index contributed by atoms with van der Waals surface area (Å²) in [6.07, 6.45) is 5.26. The van der Waals surface area contributed by atoms with E-state index in [4.69, 9.17) is 9.72 Å². The van der Waals surface area contributed by atoms with Crippen molar-refractivity contribution in [3.63, 3.8) is 0 Å². The normalized spacial score (nSPS) is 11.8. The molecule has 0 aliphatic heterocycles. The SMILES string of the molecule is CCCCCCN(C(=O)Nc1cccc(C)c1)C(CC)c1nc2ccccc2c(=O)n1CCCC(=O)OC. The van der Waals surface area contributed by atoms with E-state index in [1.165, 1.54) is 7.11 Å². The second-order valence-corrected chi connectivity index (χ2v) is 9.60. The average molecular weight is 521 g/mol. The summed E-state index contributed by atoms with van der Waals surface area (Å²) < 4.78 is 6.42. The van der Waals surface area contributed by atoms with Gasteiger partial charge in [0, 0.05) is 25.2 Å². The number of benzene rings is 2. The molecular formula is C30H40N4O4. The molecule has 0 fully saturated rings. The number of hydrogen-bond acceptors (Lipinski definition) is 5. The third-order valence-electron chi connectivity index (χ3n) is 6.73. The van der Waals surface area contributed by atoms with Gasteiger partial charge in [0.25, 0.3) is 5.56 Å². The number of unbranched alkanes of at least 4 members (excludes halogenated alkanes) is 3. The third-order valence-corrected chi connectivity index (χ3v) is 6.73. The minimum atomic E-state index is -0.420. The van der Waals surface area contributed by atoms with Crippen LogP contribution < -0.4 is 10.9 Å². The van der Waals surface area contributed by atoms with Crippen molar-refractivity contribution in [3.05, 3.63) is 70.3 Å². The predicted molar refractivity (Wildman–Crippen MR) is 151 cm³/mol. The highest BCUT2D eigenvalue weighted by Gasteiger charge is 2.28. The number of urea groups is 1. The predicted octanol–water partition coefficient (Wildman–Crippen LogP) is 6.22. The number of aryl methyl sites for hydroxylation is 1. The van der Waals surface area contributed by atoms with Crippen molar-refractivity contribution in [1.29, 1.82) is 0 Å². The Morgan fingerprint density at radius 3 is 2.55 bits per heavy atom. The van der Waals surface area contributed by atoms with Crippen LogP contribution in [0.1, 0.15) is 76.2 Å². The highest BCUT2D eigenvalue weighted by Crippen LogP contribution is 2.26. The van der Waals surface area contributed by atoms with E-state index < -0.39 is 6.04 Å². The summed E-state index contributed by atoms with van der Waals surface area (Å²) in [7, 11) is 1.36. The minimum absolute atomic E-state index is 0.168. The van der Waals surface area contributed by atoms with Crippen LogP contribution in [0, 0.1) is 6.92 Å². The molecular weight excluding hydrogens is 480 g/mol. The van der Waals surface area contributed by atoms with Crippen LogP contribution in [0.15, 0.2) is 53.3 Å². The van der Waals surface area contributed by atoms with Gasteiger partial charge >= 0.3 is 12.0 Å². The van der Waals surface area contributed by atoms with E-state index in [-0.39, 0.29) is 24.0 Å². The number of ether oxygens (including phenoxy) is 1. The summed E-state index contributed by atoms with van der Waals surface area (Å²) in [4.78, 5) is 45.8. The number of nitrogens with zero attached hydrogens (tertiary/aromatic N) is 3. The van der Waals surface area contributed by atoms with Gasteiger partial charge < -0.3 is 15.0 Å². The highest BCUT2D eigenvalue weighted by atomic mass is 16.5. The van der Waals surface area contributed by atoms with E-state index in [1.54, 1.807) is 10.6 Å². The van der Waals surface area contributed by atoms with Crippen molar-refractivity contribution in [2.24, 2.45) is 0 Å². The molecule has 1 unspecified atom stereocenters. The number of carbonyl (C=O) groups is 2. The maximum absolute atomic E-state index is 13.7. The number of aromatic nitrogens is 2. The van der Waals surface area contributed by atoms with E-state index in [0.29, 0.717) is 42.7 Å². The first kappa shape index (κ1) is 28.9. The van der Waals surface area contributed by atoms with Gasteiger partial charge in [-0.3, -0.25) is 14.2 Å². The Balaban J connectivity index is 2.03. The van der Waals surface area contributed by atoms with Gasteiger partial charge in [0.15, 0.2) is 0 Å². The zero-order valence-corrected chi connectivity index (χ0v) is 23.0. The molecule has 204 valence electrons. The zero-order chi connectivity index (χ0) is 27.5. The van der Waals surface area contributed by atoms with E-state index in [2.05, 4.69) is 12.2 Å². The number of rotatable bonds is 13. The Morgan fingerprint density at radius 1 is 1.05 bits per heavy atom. The molecule has 0 aliphatic carbocycles. The first-order chi connectivity index (χ1) is 18.4. The van der Waals surface area contributed by atoms with Crippen molar-refractivity contribution >= 4 is 28.6 Å². The number of para-hydroxylation sites is 1. The summed E-state index contributed by atoms with van der Waals surface area (Å²) in [5, 5.41) is 3.57. The lowest BCUT2D eigenvalue weighted by molar-refractivity contribution is -0.140. The maximum atomic E-state index is 13.7. The summed E-state index contributed by atoms with van der Waals surface area (Å²) in [5.74, 6) is 0.214. The Bertz CT molecular complexity index is 1290. The molecule has 1 atom stereocenters. The lowest BCUT2D eigenvalue weighted by Gasteiger charge is -2.32. The number of anilines is 1. The van der Waals surface area contributed by atoms with Gasteiger partial charge in [-0.05, 0) is 56.0 Å². The van der Waals surface area contributed by atoms with Gasteiger partial charge in [-0.15, -0.1) is 0 Å². The Labute approximate surface area is 225 Å². The van der Waals surface area contributed by atoms with Crippen LogP contribution in [-0.2, 0) is 16.1 Å². The van der Waals surface area contributed by atoms with Crippen LogP contribution in [0.2, 0.25) is 0 Å². The molecule has 2 aromatic carbocycles. The molecule has 0 bridgehead atoms. The lowest BCUT2D eigenvalue weighted by Crippen LogP contribution is -2.41. The van der Waals surface area contributed by atoms with Crippen LogP contribution in [0.4, 0.5) is 10.5 Å². The molecule has 8 nitrogen and oxygen atoms in total.